The first-order valence-corrected chi connectivity index (χ1v) is 6.87. The average Bonchev–Trinajstić information content (AvgIpc) is 2.70. The average molecular weight is 261 g/mol. The Kier molecular flexibility index (Phi) is 4.64. The molecule has 0 unspecified atom stereocenters. The molecular weight excluding hydrogens is 240 g/mol. The van der Waals surface area contributed by atoms with E-state index in [9.17, 15) is 10.4 Å². The Bertz CT molecular complexity index is 460. The van der Waals surface area contributed by atoms with Gasteiger partial charge in [-0.05, 0) is 43.9 Å². The maximum absolute atomic E-state index is 9.63. The number of hydrogen-bond donors (Lipinski definition) is 2. The van der Waals surface area contributed by atoms with Crippen LogP contribution in [0.4, 0.5) is 0 Å². The Balaban J connectivity index is 2.23. The van der Waals surface area contributed by atoms with Crippen molar-refractivity contribution in [3.63, 3.8) is 0 Å². The van der Waals surface area contributed by atoms with Gasteiger partial charge < -0.3 is 14.7 Å². The molecule has 4 heteroatoms. The molecule has 19 heavy (non-hydrogen) atoms. The van der Waals surface area contributed by atoms with E-state index in [0.29, 0.717) is 5.75 Å². The summed E-state index contributed by atoms with van der Waals surface area (Å²) in [4.78, 5) is 1.33. The number of ether oxygens (including phenoxy) is 1. The molecule has 0 aliphatic carbocycles. The Morgan fingerprint density at radius 3 is 2.53 bits per heavy atom. The number of hydrogen-bond acceptors (Lipinski definition) is 3. The van der Waals surface area contributed by atoms with E-state index in [1.807, 2.05) is 6.07 Å². The van der Waals surface area contributed by atoms with Gasteiger partial charge in [0, 0.05) is 5.56 Å². The van der Waals surface area contributed by atoms with Gasteiger partial charge in [-0.1, -0.05) is 0 Å². The highest BCUT2D eigenvalue weighted by atomic mass is 16.5. The van der Waals surface area contributed by atoms with E-state index < -0.39 is 0 Å². The summed E-state index contributed by atoms with van der Waals surface area (Å²) in [6.45, 7) is 2.09. The molecule has 0 amide bonds. The van der Waals surface area contributed by atoms with E-state index in [2.05, 4.69) is 6.07 Å². The highest BCUT2D eigenvalue weighted by Gasteiger charge is 2.25. The second-order valence-electron chi connectivity index (χ2n) is 5.07. The number of nitrogens with one attached hydrogen (secondary N) is 1. The number of nitrogens with zero attached hydrogens (tertiary/aromatic N) is 1. The molecule has 2 N–H and O–H groups in total. The maximum Gasteiger partial charge on any atom is 0.200 e. The number of phenols is 1. The minimum Gasteiger partial charge on any atom is -0.504 e. The van der Waals surface area contributed by atoms with Crippen molar-refractivity contribution in [3.8, 4) is 17.6 Å². The molecule has 0 spiro atoms. The van der Waals surface area contributed by atoms with Gasteiger partial charge in [-0.3, -0.25) is 0 Å². The summed E-state index contributed by atoms with van der Waals surface area (Å²) in [7, 11) is 1.53. The number of phenolic OH excluding ortho intramolecular Hbond substituents is 1. The van der Waals surface area contributed by atoms with Crippen LogP contribution in [0, 0.1) is 11.3 Å². The van der Waals surface area contributed by atoms with Gasteiger partial charge in [0.05, 0.1) is 20.2 Å². The number of likely N-dealkylation sites (tertiary alicyclic amines) is 1. The molecule has 2 rings (SSSR count). The van der Waals surface area contributed by atoms with E-state index in [1.54, 1.807) is 12.1 Å². The van der Waals surface area contributed by atoms with Crippen molar-refractivity contribution in [2.45, 2.75) is 31.7 Å². The van der Waals surface area contributed by atoms with Gasteiger partial charge in [0.25, 0.3) is 0 Å². The van der Waals surface area contributed by atoms with Gasteiger partial charge in [0.2, 0.25) is 6.04 Å². The first-order valence-electron chi connectivity index (χ1n) is 6.87. The van der Waals surface area contributed by atoms with Crippen LogP contribution in [-0.4, -0.2) is 25.3 Å². The Morgan fingerprint density at radius 1 is 1.26 bits per heavy atom. The zero-order chi connectivity index (χ0) is 13.7. The first kappa shape index (κ1) is 13.7. The first-order chi connectivity index (χ1) is 9.26. The lowest BCUT2D eigenvalue weighted by Crippen LogP contribution is -3.12. The number of aromatic hydroxyl groups is 1. The van der Waals surface area contributed by atoms with Gasteiger partial charge in [0.15, 0.2) is 11.5 Å². The summed E-state index contributed by atoms with van der Waals surface area (Å²) in [5.74, 6) is 0.556. The van der Waals surface area contributed by atoms with E-state index in [0.717, 1.165) is 18.7 Å². The Hall–Kier alpha value is -1.73. The largest absolute Gasteiger partial charge is 0.504 e. The van der Waals surface area contributed by atoms with Gasteiger partial charge in [-0.25, -0.2) is 0 Å². The summed E-state index contributed by atoms with van der Waals surface area (Å²) < 4.78 is 5.12. The van der Waals surface area contributed by atoms with Crippen molar-refractivity contribution in [2.24, 2.45) is 0 Å². The molecular formula is C15H21N2O2+. The van der Waals surface area contributed by atoms with Gasteiger partial charge >= 0.3 is 0 Å². The van der Waals surface area contributed by atoms with Crippen LogP contribution in [-0.2, 0) is 0 Å². The van der Waals surface area contributed by atoms with Crippen molar-refractivity contribution in [2.75, 3.05) is 20.2 Å². The van der Waals surface area contributed by atoms with Gasteiger partial charge in [-0.2, -0.15) is 5.26 Å². The van der Waals surface area contributed by atoms with Crippen molar-refractivity contribution in [3.05, 3.63) is 23.8 Å². The highest BCUT2D eigenvalue weighted by molar-refractivity contribution is 5.43. The molecule has 0 radical (unpaired) electrons. The molecule has 0 bridgehead atoms. The molecule has 0 saturated carbocycles. The Morgan fingerprint density at radius 2 is 1.95 bits per heavy atom. The number of nitriles is 1. The fraction of sp³-hybridized carbons (Fsp3) is 0.533. The zero-order valence-electron chi connectivity index (χ0n) is 11.4. The normalized spacial score (nSPS) is 18.3. The standard InChI is InChI=1S/C15H20N2O2/c1-19-15-10-12(6-7-14(15)18)13(11-16)17-8-4-2-3-5-9-17/h6-7,10,13,18H,2-5,8-9H2,1H3/p+1/t13-/m1/s1. The SMILES string of the molecule is COc1cc([C@@H](C#N)[NH+]2CCCCCC2)ccc1O. The summed E-state index contributed by atoms with van der Waals surface area (Å²) in [6.07, 6.45) is 4.90. The molecule has 1 atom stereocenters. The number of rotatable bonds is 3. The minimum absolute atomic E-state index is 0.119. The quantitative estimate of drug-likeness (QED) is 0.865. The topological polar surface area (TPSA) is 57.7 Å². The zero-order valence-corrected chi connectivity index (χ0v) is 11.4. The Labute approximate surface area is 114 Å². The number of quaternary nitrogens is 1. The summed E-state index contributed by atoms with van der Waals surface area (Å²) in [5, 5.41) is 19.1. The van der Waals surface area contributed by atoms with Crippen LogP contribution in [0.25, 0.3) is 0 Å². The van der Waals surface area contributed by atoms with Crippen LogP contribution in [0.5, 0.6) is 11.5 Å². The smallest absolute Gasteiger partial charge is 0.200 e. The van der Waals surface area contributed by atoms with E-state index in [4.69, 9.17) is 4.74 Å². The van der Waals surface area contributed by atoms with Gasteiger partial charge in [-0.15, -0.1) is 0 Å². The van der Waals surface area contributed by atoms with E-state index in [1.165, 1.54) is 37.7 Å². The van der Waals surface area contributed by atoms with Crippen molar-refractivity contribution in [1.82, 2.24) is 0 Å². The fourth-order valence-electron chi connectivity index (χ4n) is 2.75. The molecule has 0 aromatic heterocycles. The van der Waals surface area contributed by atoms with E-state index in [-0.39, 0.29) is 11.8 Å². The maximum atomic E-state index is 9.63. The molecule has 1 fully saturated rings. The van der Waals surface area contributed by atoms with Crippen LogP contribution in [0.2, 0.25) is 0 Å². The molecule has 1 aromatic rings. The predicted molar refractivity (Wildman–Crippen MR) is 72.2 cm³/mol. The van der Waals surface area contributed by atoms with Crippen molar-refractivity contribution < 1.29 is 14.7 Å². The lowest BCUT2D eigenvalue weighted by Gasteiger charge is -2.23. The molecule has 1 saturated heterocycles. The summed E-state index contributed by atoms with van der Waals surface area (Å²) in [5.41, 5.74) is 0.925. The van der Waals surface area contributed by atoms with Crippen LogP contribution in [0.15, 0.2) is 18.2 Å². The second-order valence-corrected chi connectivity index (χ2v) is 5.07. The van der Waals surface area contributed by atoms with Crippen LogP contribution >= 0.6 is 0 Å². The molecule has 1 aromatic carbocycles. The minimum atomic E-state index is -0.174. The second kappa shape index (κ2) is 6.44. The van der Waals surface area contributed by atoms with Crippen LogP contribution in [0.3, 0.4) is 0 Å². The highest BCUT2D eigenvalue weighted by Crippen LogP contribution is 2.28. The van der Waals surface area contributed by atoms with Crippen LogP contribution in [0.1, 0.15) is 37.3 Å². The number of benzene rings is 1. The summed E-state index contributed by atoms with van der Waals surface area (Å²) in [6, 6.07) is 7.45. The molecule has 1 aliphatic rings. The van der Waals surface area contributed by atoms with E-state index >= 15 is 0 Å². The van der Waals surface area contributed by atoms with Crippen molar-refractivity contribution in [1.29, 1.82) is 5.26 Å². The molecule has 102 valence electrons. The predicted octanol–water partition coefficient (Wildman–Crippen LogP) is 1.42. The third-order valence-corrected chi connectivity index (χ3v) is 3.82. The fourth-order valence-corrected chi connectivity index (χ4v) is 2.75. The molecule has 4 nitrogen and oxygen atoms in total. The summed E-state index contributed by atoms with van der Waals surface area (Å²) >= 11 is 0. The van der Waals surface area contributed by atoms with Crippen molar-refractivity contribution >= 4 is 0 Å². The lowest BCUT2D eigenvalue weighted by atomic mass is 10.1. The monoisotopic (exact) mass is 261 g/mol. The van der Waals surface area contributed by atoms with Gasteiger partial charge in [0.1, 0.15) is 6.07 Å². The van der Waals surface area contributed by atoms with Crippen LogP contribution < -0.4 is 9.64 Å². The lowest BCUT2D eigenvalue weighted by molar-refractivity contribution is -0.922. The molecule has 1 aliphatic heterocycles. The third kappa shape index (κ3) is 3.18. The molecule has 1 heterocycles. The third-order valence-electron chi connectivity index (χ3n) is 3.82. The number of methoxy groups -OCH3 is 1.